The predicted octanol–water partition coefficient (Wildman–Crippen LogP) is 4.41. The first kappa shape index (κ1) is 24.8. The van der Waals surface area contributed by atoms with Gasteiger partial charge in [-0.15, -0.1) is 0 Å². The lowest BCUT2D eigenvalue weighted by atomic mass is 10.0. The molecule has 2 heterocycles. The molecule has 7 nitrogen and oxygen atoms in total. The number of anilines is 2. The Balaban J connectivity index is 1.68. The van der Waals surface area contributed by atoms with Crippen LogP contribution in [0.1, 0.15) is 37.8 Å². The van der Waals surface area contributed by atoms with Crippen LogP contribution in [-0.2, 0) is 11.0 Å². The Labute approximate surface area is 205 Å². The van der Waals surface area contributed by atoms with E-state index >= 15 is 0 Å². The van der Waals surface area contributed by atoms with E-state index in [-0.39, 0.29) is 23.5 Å². The minimum absolute atomic E-state index is 0.00432. The first-order valence-corrected chi connectivity index (χ1v) is 11.2. The van der Waals surface area contributed by atoms with Crippen molar-refractivity contribution in [3.05, 3.63) is 47.5 Å². The van der Waals surface area contributed by atoms with Gasteiger partial charge in [0, 0.05) is 18.4 Å². The van der Waals surface area contributed by atoms with Crippen molar-refractivity contribution < 1.29 is 32.5 Å². The van der Waals surface area contributed by atoms with Gasteiger partial charge in [-0.25, -0.2) is 0 Å². The molecule has 11 heteroatoms. The topological polar surface area (TPSA) is 86.0 Å². The molecule has 4 rings (SSSR count). The van der Waals surface area contributed by atoms with Crippen LogP contribution in [0.2, 0.25) is 0 Å². The maximum atomic E-state index is 13.5. The van der Waals surface area contributed by atoms with Gasteiger partial charge < -0.3 is 19.5 Å². The largest absolute Gasteiger partial charge is 0.486 e. The number of fused-ring (bicyclic) bond motifs is 1. The van der Waals surface area contributed by atoms with Crippen molar-refractivity contribution in [3.8, 4) is 17.6 Å². The summed E-state index contributed by atoms with van der Waals surface area (Å²) in [6, 6.07) is 9.65. The molecule has 0 aliphatic carbocycles. The lowest BCUT2D eigenvalue weighted by Crippen LogP contribution is -2.44. The molecule has 1 saturated heterocycles. The summed E-state index contributed by atoms with van der Waals surface area (Å²) < 4.78 is 52.3. The van der Waals surface area contributed by atoms with Crippen LogP contribution in [0.25, 0.3) is 0 Å². The fourth-order valence-electron chi connectivity index (χ4n) is 4.16. The number of rotatable bonds is 5. The van der Waals surface area contributed by atoms with Crippen molar-refractivity contribution in [1.29, 1.82) is 5.26 Å². The van der Waals surface area contributed by atoms with E-state index in [9.17, 15) is 18.0 Å². The van der Waals surface area contributed by atoms with Gasteiger partial charge in [0.15, 0.2) is 16.6 Å². The fourth-order valence-corrected chi connectivity index (χ4v) is 4.68. The lowest BCUT2D eigenvalue weighted by Gasteiger charge is -2.31. The summed E-state index contributed by atoms with van der Waals surface area (Å²) in [7, 11) is 0. The number of aliphatic hydroxyl groups is 1. The minimum Gasteiger partial charge on any atom is -0.486 e. The molecule has 2 aliphatic heterocycles. The van der Waals surface area contributed by atoms with Gasteiger partial charge in [-0.05, 0) is 69.2 Å². The maximum absolute atomic E-state index is 13.5. The summed E-state index contributed by atoms with van der Waals surface area (Å²) >= 11 is 5.56. The van der Waals surface area contributed by atoms with Gasteiger partial charge in [0.05, 0.1) is 22.9 Å². The standard InChI is InChI=1S/C24H22F3N3O4S/c1-23(2)21(32)29(15-6-5-14(12-28)18(10-15)24(25,26)27)22(35)30(23)16-7-8-19-20(11-16)33-13-17(34-19)4-3-9-31/h5-8,10-11,17,31H,3-4,9,13H2,1-2H3. The number of nitriles is 1. The average molecular weight is 506 g/mol. The zero-order chi connectivity index (χ0) is 25.5. The monoisotopic (exact) mass is 505 g/mol. The zero-order valence-electron chi connectivity index (χ0n) is 18.9. The van der Waals surface area contributed by atoms with E-state index in [0.29, 0.717) is 36.6 Å². The molecule has 2 aromatic rings. The van der Waals surface area contributed by atoms with Crippen molar-refractivity contribution in [2.24, 2.45) is 0 Å². The normalized spacial score (nSPS) is 19.2. The smallest absolute Gasteiger partial charge is 0.417 e. The molecule has 1 fully saturated rings. The molecule has 35 heavy (non-hydrogen) atoms. The number of halogens is 3. The van der Waals surface area contributed by atoms with E-state index in [1.165, 1.54) is 12.1 Å². The van der Waals surface area contributed by atoms with Crippen molar-refractivity contribution in [2.45, 2.75) is 44.5 Å². The van der Waals surface area contributed by atoms with E-state index in [1.54, 1.807) is 36.9 Å². The molecule has 1 amide bonds. The molecular formula is C24H22F3N3O4S. The number of aliphatic hydroxyl groups excluding tert-OH is 1. The van der Waals surface area contributed by atoms with Crippen LogP contribution in [0, 0.1) is 11.3 Å². The summed E-state index contributed by atoms with van der Waals surface area (Å²) in [6.45, 7) is 3.59. The number of nitrogens with zero attached hydrogens (tertiary/aromatic N) is 3. The van der Waals surface area contributed by atoms with Gasteiger partial charge in [-0.2, -0.15) is 18.4 Å². The Hall–Kier alpha value is -3.36. The number of carbonyl (C=O) groups is 1. The van der Waals surface area contributed by atoms with E-state index < -0.39 is 28.7 Å². The number of carbonyl (C=O) groups excluding carboxylic acids is 1. The van der Waals surface area contributed by atoms with Gasteiger partial charge in [-0.3, -0.25) is 9.69 Å². The third-order valence-electron chi connectivity index (χ3n) is 5.94. The molecule has 0 spiro atoms. The van der Waals surface area contributed by atoms with Crippen LogP contribution in [0.4, 0.5) is 24.5 Å². The van der Waals surface area contributed by atoms with E-state index in [0.717, 1.165) is 17.0 Å². The van der Waals surface area contributed by atoms with Gasteiger partial charge in [0.2, 0.25) is 0 Å². The van der Waals surface area contributed by atoms with E-state index in [2.05, 4.69) is 0 Å². The minimum atomic E-state index is -4.77. The van der Waals surface area contributed by atoms with E-state index in [1.807, 2.05) is 0 Å². The molecule has 1 unspecified atom stereocenters. The summed E-state index contributed by atoms with van der Waals surface area (Å²) in [5, 5.41) is 18.1. The first-order valence-electron chi connectivity index (χ1n) is 10.8. The Bertz CT molecular complexity index is 1230. The van der Waals surface area contributed by atoms with E-state index in [4.69, 9.17) is 32.1 Å². The molecule has 1 N–H and O–H groups in total. The third-order valence-corrected chi connectivity index (χ3v) is 6.31. The Kier molecular flexibility index (Phi) is 6.38. The second-order valence-corrected chi connectivity index (χ2v) is 9.07. The number of hydrogen-bond donors (Lipinski definition) is 1. The van der Waals surface area contributed by atoms with Crippen LogP contribution in [0.3, 0.4) is 0 Å². The van der Waals surface area contributed by atoms with Crippen molar-refractivity contribution in [2.75, 3.05) is 23.0 Å². The van der Waals surface area contributed by atoms with Crippen molar-refractivity contribution >= 4 is 34.6 Å². The summed E-state index contributed by atoms with van der Waals surface area (Å²) in [4.78, 5) is 15.9. The zero-order valence-corrected chi connectivity index (χ0v) is 19.7. The molecule has 0 aromatic heterocycles. The first-order chi connectivity index (χ1) is 16.5. The molecule has 0 bridgehead atoms. The van der Waals surface area contributed by atoms with Gasteiger partial charge >= 0.3 is 6.18 Å². The molecule has 184 valence electrons. The van der Waals surface area contributed by atoms with Crippen LogP contribution in [0.15, 0.2) is 36.4 Å². The van der Waals surface area contributed by atoms with Gasteiger partial charge in [-0.1, -0.05) is 0 Å². The highest BCUT2D eigenvalue weighted by Crippen LogP contribution is 2.42. The number of alkyl halides is 3. The van der Waals surface area contributed by atoms with Crippen molar-refractivity contribution in [1.82, 2.24) is 0 Å². The lowest BCUT2D eigenvalue weighted by molar-refractivity contribution is -0.137. The summed E-state index contributed by atoms with van der Waals surface area (Å²) in [5.74, 6) is 0.445. The number of benzene rings is 2. The van der Waals surface area contributed by atoms with Crippen LogP contribution in [0.5, 0.6) is 11.5 Å². The Morgan fingerprint density at radius 2 is 1.91 bits per heavy atom. The molecule has 1 atom stereocenters. The van der Waals surface area contributed by atoms with Crippen LogP contribution in [-0.4, -0.2) is 41.0 Å². The molecular weight excluding hydrogens is 483 g/mol. The second-order valence-electron chi connectivity index (χ2n) is 8.70. The maximum Gasteiger partial charge on any atom is 0.417 e. The van der Waals surface area contributed by atoms with Crippen LogP contribution >= 0.6 is 12.2 Å². The highest BCUT2D eigenvalue weighted by atomic mass is 32.1. The third kappa shape index (κ3) is 4.39. The summed E-state index contributed by atoms with van der Waals surface area (Å²) in [6.07, 6.45) is -3.75. The van der Waals surface area contributed by atoms with Crippen molar-refractivity contribution in [3.63, 3.8) is 0 Å². The highest BCUT2D eigenvalue weighted by Gasteiger charge is 2.51. The number of hydrogen-bond acceptors (Lipinski definition) is 6. The van der Waals surface area contributed by atoms with Gasteiger partial charge in [0.25, 0.3) is 5.91 Å². The van der Waals surface area contributed by atoms with Crippen LogP contribution < -0.4 is 19.3 Å². The quantitative estimate of drug-likeness (QED) is 0.603. The molecule has 0 saturated carbocycles. The molecule has 2 aliphatic rings. The molecule has 0 radical (unpaired) electrons. The second kappa shape index (κ2) is 9.02. The van der Waals surface area contributed by atoms with Gasteiger partial charge in [0.1, 0.15) is 18.2 Å². The number of thiocarbonyl (C=S) groups is 1. The number of amides is 1. The predicted molar refractivity (Wildman–Crippen MR) is 125 cm³/mol. The average Bonchev–Trinajstić information content (AvgIpc) is 2.99. The SMILES string of the molecule is CC1(C)C(=O)N(c2ccc(C#N)c(C(F)(F)F)c2)C(=S)N1c1ccc2c(c1)OCC(CCCO)O2. The Morgan fingerprint density at radius 1 is 1.20 bits per heavy atom. The highest BCUT2D eigenvalue weighted by molar-refractivity contribution is 7.81. The Morgan fingerprint density at radius 3 is 2.57 bits per heavy atom. The summed E-state index contributed by atoms with van der Waals surface area (Å²) in [5.41, 5.74) is -2.46. The fraction of sp³-hybridized carbons (Fsp3) is 0.375. The number of ether oxygens (including phenoxy) is 2. The molecule has 2 aromatic carbocycles.